The number of aromatic nitrogens is 1. The molecule has 2 aromatic heterocycles. The van der Waals surface area contributed by atoms with Crippen molar-refractivity contribution in [3.63, 3.8) is 0 Å². The molecule has 5 nitrogen and oxygen atoms in total. The van der Waals surface area contributed by atoms with Gasteiger partial charge in [-0.2, -0.15) is 0 Å². The highest BCUT2D eigenvalue weighted by Gasteiger charge is 2.20. The second-order valence-electron chi connectivity index (χ2n) is 6.11. The number of nitrogens with zero attached hydrogens (tertiary/aromatic N) is 4. The van der Waals surface area contributed by atoms with Crippen LogP contribution >= 0.6 is 58.3 Å². The summed E-state index contributed by atoms with van der Waals surface area (Å²) in [6.07, 6.45) is 0. The van der Waals surface area contributed by atoms with Crippen LogP contribution < -0.4 is 5.32 Å². The molecule has 0 unspecified atom stereocenters. The molecule has 2 aromatic rings. The predicted molar refractivity (Wildman–Crippen MR) is 123 cm³/mol. The molecule has 9 heteroatoms. The fourth-order valence-electron chi connectivity index (χ4n) is 3.00. The fourth-order valence-corrected chi connectivity index (χ4v) is 5.01. The number of piperazine rings is 1. The Kier molecular flexibility index (Phi) is 8.59. The van der Waals surface area contributed by atoms with Crippen molar-refractivity contribution in [1.82, 2.24) is 20.1 Å². The molecule has 3 rings (SSSR count). The van der Waals surface area contributed by atoms with Crippen LogP contribution in [0.15, 0.2) is 17.1 Å². The number of aliphatic imine (C=N–C) groups is 1. The molecular weight excluding hydrogens is 501 g/mol. The first kappa shape index (κ1) is 21.9. The second kappa shape index (κ2) is 10.2. The van der Waals surface area contributed by atoms with Gasteiger partial charge in [0.2, 0.25) is 0 Å². The minimum atomic E-state index is 0. The molecular formula is C17H25ClIN5S2. The molecule has 1 aliphatic heterocycles. The van der Waals surface area contributed by atoms with Crippen molar-refractivity contribution in [2.24, 2.45) is 4.99 Å². The van der Waals surface area contributed by atoms with Crippen molar-refractivity contribution in [3.8, 4) is 0 Å². The highest BCUT2D eigenvalue weighted by molar-refractivity contribution is 14.0. The first-order valence-electron chi connectivity index (χ1n) is 8.40. The van der Waals surface area contributed by atoms with Crippen molar-refractivity contribution in [2.75, 3.05) is 33.2 Å². The number of hydrogen-bond acceptors (Lipinski definition) is 5. The average molecular weight is 526 g/mol. The lowest BCUT2D eigenvalue weighted by Crippen LogP contribution is -2.51. The van der Waals surface area contributed by atoms with Crippen LogP contribution in [0.2, 0.25) is 4.34 Å². The lowest BCUT2D eigenvalue weighted by Gasteiger charge is -2.36. The molecule has 0 aromatic carbocycles. The monoisotopic (exact) mass is 525 g/mol. The van der Waals surface area contributed by atoms with Gasteiger partial charge in [0.15, 0.2) is 5.96 Å². The van der Waals surface area contributed by atoms with Gasteiger partial charge in [0.25, 0.3) is 0 Å². The number of aryl methyl sites for hydroxylation is 2. The average Bonchev–Trinajstić information content (AvgIpc) is 3.14. The Labute approximate surface area is 185 Å². The fraction of sp³-hybridized carbons (Fsp3) is 0.529. The van der Waals surface area contributed by atoms with Gasteiger partial charge in [0, 0.05) is 49.5 Å². The predicted octanol–water partition coefficient (Wildman–Crippen LogP) is 3.99. The topological polar surface area (TPSA) is 43.8 Å². The van der Waals surface area contributed by atoms with Gasteiger partial charge in [-0.25, -0.2) is 4.98 Å². The maximum absolute atomic E-state index is 6.02. The van der Waals surface area contributed by atoms with Gasteiger partial charge in [-0.1, -0.05) is 11.6 Å². The van der Waals surface area contributed by atoms with Crippen LogP contribution in [-0.2, 0) is 13.1 Å². The van der Waals surface area contributed by atoms with Crippen LogP contribution in [0.1, 0.15) is 20.5 Å². The van der Waals surface area contributed by atoms with Crippen LogP contribution in [0, 0.1) is 13.8 Å². The van der Waals surface area contributed by atoms with E-state index in [0.717, 1.165) is 60.3 Å². The van der Waals surface area contributed by atoms with Crippen LogP contribution in [0.4, 0.5) is 0 Å². The summed E-state index contributed by atoms with van der Waals surface area (Å²) >= 11 is 9.45. The Morgan fingerprint density at radius 1 is 1.23 bits per heavy atom. The summed E-state index contributed by atoms with van der Waals surface area (Å²) < 4.78 is 0.867. The Morgan fingerprint density at radius 2 is 1.96 bits per heavy atom. The molecule has 3 heterocycles. The van der Waals surface area contributed by atoms with Gasteiger partial charge in [0.1, 0.15) is 0 Å². The van der Waals surface area contributed by atoms with Gasteiger partial charge < -0.3 is 10.2 Å². The number of thiazole rings is 1. The zero-order chi connectivity index (χ0) is 17.8. The largest absolute Gasteiger partial charge is 0.351 e. The minimum absolute atomic E-state index is 0. The molecule has 0 spiro atoms. The van der Waals surface area contributed by atoms with Gasteiger partial charge >= 0.3 is 0 Å². The van der Waals surface area contributed by atoms with Crippen LogP contribution in [-0.4, -0.2) is 54.0 Å². The number of guanidine groups is 1. The standard InChI is InChI=1S/C17H24ClN5S2.HI/c1-12-15(24-13(2)21-12)10-20-17(19-3)23-8-6-22(7-9-23)11-14-4-5-16(18)25-14;/h4-5H,6-11H2,1-3H3,(H,19,20);1H. The lowest BCUT2D eigenvalue weighted by molar-refractivity contribution is 0.173. The summed E-state index contributed by atoms with van der Waals surface area (Å²) in [6.45, 7) is 9.94. The molecule has 0 atom stereocenters. The molecule has 1 N–H and O–H groups in total. The maximum Gasteiger partial charge on any atom is 0.194 e. The molecule has 1 fully saturated rings. The summed E-state index contributed by atoms with van der Waals surface area (Å²) in [5, 5.41) is 4.61. The van der Waals surface area contributed by atoms with Crippen molar-refractivity contribution in [1.29, 1.82) is 0 Å². The first-order chi connectivity index (χ1) is 12.0. The third kappa shape index (κ3) is 5.79. The molecule has 1 saturated heterocycles. The molecule has 0 saturated carbocycles. The third-order valence-corrected chi connectivity index (χ3v) is 6.59. The number of nitrogens with one attached hydrogen (secondary N) is 1. The van der Waals surface area contributed by atoms with Gasteiger partial charge in [-0.3, -0.25) is 9.89 Å². The van der Waals surface area contributed by atoms with Gasteiger partial charge in [-0.15, -0.1) is 46.7 Å². The van der Waals surface area contributed by atoms with E-state index < -0.39 is 0 Å². The van der Waals surface area contributed by atoms with E-state index in [-0.39, 0.29) is 24.0 Å². The minimum Gasteiger partial charge on any atom is -0.351 e. The van der Waals surface area contributed by atoms with Gasteiger partial charge in [-0.05, 0) is 26.0 Å². The molecule has 144 valence electrons. The van der Waals surface area contributed by atoms with Crippen molar-refractivity contribution in [3.05, 3.63) is 36.9 Å². The van der Waals surface area contributed by atoms with E-state index >= 15 is 0 Å². The van der Waals surface area contributed by atoms with Crippen molar-refractivity contribution in [2.45, 2.75) is 26.9 Å². The number of thiophene rings is 1. The number of hydrogen-bond donors (Lipinski definition) is 1. The Morgan fingerprint density at radius 3 is 2.50 bits per heavy atom. The molecule has 26 heavy (non-hydrogen) atoms. The summed E-state index contributed by atoms with van der Waals surface area (Å²) in [7, 11) is 1.85. The van der Waals surface area contributed by atoms with Crippen LogP contribution in [0.25, 0.3) is 0 Å². The third-order valence-electron chi connectivity index (χ3n) is 4.30. The summed E-state index contributed by atoms with van der Waals surface area (Å²) in [5.41, 5.74) is 1.12. The van der Waals surface area contributed by atoms with Gasteiger partial charge in [0.05, 0.1) is 21.6 Å². The Hall–Kier alpha value is -0.420. The zero-order valence-corrected chi connectivity index (χ0v) is 20.0. The van der Waals surface area contributed by atoms with E-state index in [4.69, 9.17) is 11.6 Å². The van der Waals surface area contributed by atoms with E-state index in [9.17, 15) is 0 Å². The SMILES string of the molecule is CN=C(NCc1sc(C)nc1C)N1CCN(Cc2ccc(Cl)s2)CC1.I. The highest BCUT2D eigenvalue weighted by atomic mass is 127. The summed E-state index contributed by atoms with van der Waals surface area (Å²) in [6, 6.07) is 4.10. The quantitative estimate of drug-likeness (QED) is 0.372. The molecule has 0 aliphatic carbocycles. The normalized spacial score (nSPS) is 15.8. The van der Waals surface area contributed by atoms with Crippen molar-refractivity contribution >= 4 is 64.2 Å². The van der Waals surface area contributed by atoms with Crippen molar-refractivity contribution < 1.29 is 0 Å². The van der Waals surface area contributed by atoms with E-state index in [1.165, 1.54) is 9.75 Å². The maximum atomic E-state index is 6.02. The number of halogens is 2. The second-order valence-corrected chi connectivity index (χ2v) is 9.20. The van der Waals surface area contributed by atoms with Crippen LogP contribution in [0.5, 0.6) is 0 Å². The van der Waals surface area contributed by atoms with E-state index in [2.05, 4.69) is 45.0 Å². The smallest absolute Gasteiger partial charge is 0.194 e. The lowest BCUT2D eigenvalue weighted by atomic mass is 10.3. The van der Waals surface area contributed by atoms with Crippen LogP contribution in [0.3, 0.4) is 0 Å². The molecule has 0 amide bonds. The zero-order valence-electron chi connectivity index (χ0n) is 15.3. The Balaban J connectivity index is 0.00000243. The molecule has 1 aliphatic rings. The van der Waals surface area contributed by atoms with E-state index in [1.807, 2.05) is 13.1 Å². The van der Waals surface area contributed by atoms with E-state index in [1.54, 1.807) is 22.7 Å². The summed E-state index contributed by atoms with van der Waals surface area (Å²) in [4.78, 5) is 16.4. The molecule has 0 bridgehead atoms. The first-order valence-corrected chi connectivity index (χ1v) is 10.4. The van der Waals surface area contributed by atoms with E-state index in [0.29, 0.717) is 0 Å². The number of rotatable bonds is 4. The molecule has 0 radical (unpaired) electrons. The highest BCUT2D eigenvalue weighted by Crippen LogP contribution is 2.23. The Bertz CT molecular complexity index is 737. The summed E-state index contributed by atoms with van der Waals surface area (Å²) in [5.74, 6) is 0.976.